The number of nitrogens with zero attached hydrogens (tertiary/aromatic N) is 1. The van der Waals surface area contributed by atoms with Crippen LogP contribution < -0.4 is 0 Å². The number of thiophene rings is 1. The number of hydrogen-bond acceptors (Lipinski definition) is 2. The Morgan fingerprint density at radius 3 is 2.02 bits per heavy atom. The first-order chi connectivity index (χ1) is 25.2. The fraction of sp³-hybridized carbons (Fsp3) is 0. The van der Waals surface area contributed by atoms with Crippen LogP contribution >= 0.6 is 11.3 Å². The smallest absolute Gasteiger partial charge is 0.152 e. The van der Waals surface area contributed by atoms with Crippen molar-refractivity contribution in [3.05, 3.63) is 198 Å². The summed E-state index contributed by atoms with van der Waals surface area (Å²) in [6.07, 6.45) is 4.16. The fourth-order valence-electron chi connectivity index (χ4n) is 7.05. The second-order valence-corrected chi connectivity index (χ2v) is 13.8. The lowest BCUT2D eigenvalue weighted by atomic mass is 9.89. The van der Waals surface area contributed by atoms with Crippen LogP contribution in [-0.2, 0) is 0 Å². The molecule has 8 aromatic carbocycles. The summed E-state index contributed by atoms with van der Waals surface area (Å²) in [4.78, 5) is 5.88. The zero-order chi connectivity index (χ0) is 34.1. The van der Waals surface area contributed by atoms with Gasteiger partial charge in [-0.05, 0) is 102 Å². The SMILES string of the molecule is N=C(N=C(/C=C/c1cccc(-c2cccc(-c3c4ccccc4cc4c3ccc3ccccc34)c2)c1)c1cc2ccccc2s1)c1ccccc1. The van der Waals surface area contributed by atoms with Crippen molar-refractivity contribution < 1.29 is 0 Å². The third-order valence-electron chi connectivity index (χ3n) is 9.53. The third kappa shape index (κ3) is 5.94. The average molecular weight is 669 g/mol. The molecule has 1 N–H and O–H groups in total. The Labute approximate surface area is 300 Å². The molecule has 0 saturated carbocycles. The van der Waals surface area contributed by atoms with Gasteiger partial charge in [-0.3, -0.25) is 5.41 Å². The minimum atomic E-state index is 0.243. The van der Waals surface area contributed by atoms with Crippen molar-refractivity contribution >= 4 is 71.4 Å². The van der Waals surface area contributed by atoms with Gasteiger partial charge in [-0.2, -0.15) is 0 Å². The maximum Gasteiger partial charge on any atom is 0.152 e. The Hall–Kier alpha value is -6.42. The zero-order valence-corrected chi connectivity index (χ0v) is 28.6. The predicted molar refractivity (Wildman–Crippen MR) is 220 cm³/mol. The molecule has 2 nitrogen and oxygen atoms in total. The maximum atomic E-state index is 8.79. The van der Waals surface area contributed by atoms with Gasteiger partial charge in [-0.25, -0.2) is 4.99 Å². The van der Waals surface area contributed by atoms with Crippen LogP contribution in [-0.4, -0.2) is 11.5 Å². The van der Waals surface area contributed by atoms with Crippen LogP contribution in [0.15, 0.2) is 187 Å². The molecule has 1 aromatic heterocycles. The van der Waals surface area contributed by atoms with Crippen LogP contribution in [0.3, 0.4) is 0 Å². The average Bonchev–Trinajstić information content (AvgIpc) is 3.63. The number of nitrogens with one attached hydrogen (secondary N) is 1. The molecular formula is C48H32N2S. The van der Waals surface area contributed by atoms with Gasteiger partial charge in [0, 0.05) is 10.3 Å². The molecule has 9 rings (SSSR count). The molecule has 9 aromatic rings. The van der Waals surface area contributed by atoms with Gasteiger partial charge in [-0.1, -0.05) is 152 Å². The van der Waals surface area contributed by atoms with Gasteiger partial charge in [0.05, 0.1) is 10.6 Å². The summed E-state index contributed by atoms with van der Waals surface area (Å²) < 4.78 is 1.20. The van der Waals surface area contributed by atoms with Gasteiger partial charge in [0.2, 0.25) is 0 Å². The van der Waals surface area contributed by atoms with Crippen molar-refractivity contribution in [3.8, 4) is 22.3 Å². The van der Waals surface area contributed by atoms with E-state index < -0.39 is 0 Å². The number of allylic oxidation sites excluding steroid dienone is 1. The Balaban J connectivity index is 1.11. The van der Waals surface area contributed by atoms with E-state index in [9.17, 15) is 0 Å². The molecule has 1 heterocycles. The number of amidine groups is 1. The molecule has 0 spiro atoms. The van der Waals surface area contributed by atoms with Crippen LogP contribution in [0, 0.1) is 5.41 Å². The molecule has 0 aliphatic heterocycles. The highest BCUT2D eigenvalue weighted by Crippen LogP contribution is 2.40. The molecular weight excluding hydrogens is 637 g/mol. The number of hydrogen-bond donors (Lipinski definition) is 1. The summed E-state index contributed by atoms with van der Waals surface area (Å²) in [6, 6.07) is 62.1. The number of benzene rings is 8. The predicted octanol–water partition coefficient (Wildman–Crippen LogP) is 13.2. The van der Waals surface area contributed by atoms with E-state index >= 15 is 0 Å². The molecule has 0 radical (unpaired) electrons. The van der Waals surface area contributed by atoms with Crippen LogP contribution in [0.5, 0.6) is 0 Å². The molecule has 240 valence electrons. The van der Waals surface area contributed by atoms with E-state index in [0.29, 0.717) is 0 Å². The summed E-state index contributed by atoms with van der Waals surface area (Å²) in [6.45, 7) is 0. The maximum absolute atomic E-state index is 8.79. The monoisotopic (exact) mass is 668 g/mol. The van der Waals surface area contributed by atoms with E-state index in [-0.39, 0.29) is 5.84 Å². The van der Waals surface area contributed by atoms with E-state index in [1.807, 2.05) is 36.4 Å². The van der Waals surface area contributed by atoms with Gasteiger partial charge in [0.1, 0.15) is 0 Å². The molecule has 0 amide bonds. The second-order valence-electron chi connectivity index (χ2n) is 12.8. The van der Waals surface area contributed by atoms with Gasteiger partial charge in [0.25, 0.3) is 0 Å². The zero-order valence-electron chi connectivity index (χ0n) is 27.8. The van der Waals surface area contributed by atoms with Crippen molar-refractivity contribution in [3.63, 3.8) is 0 Å². The summed E-state index contributed by atoms with van der Waals surface area (Å²) in [5.41, 5.74) is 7.40. The molecule has 0 bridgehead atoms. The van der Waals surface area contributed by atoms with Crippen LogP contribution in [0.4, 0.5) is 0 Å². The second kappa shape index (κ2) is 13.1. The Morgan fingerprint density at radius 1 is 0.490 bits per heavy atom. The summed E-state index contributed by atoms with van der Waals surface area (Å²) in [5.74, 6) is 0.243. The number of fused-ring (bicyclic) bond motifs is 5. The molecule has 0 atom stereocenters. The number of aliphatic imine (C=N–C) groups is 1. The van der Waals surface area contributed by atoms with Gasteiger partial charge >= 0.3 is 0 Å². The molecule has 0 unspecified atom stereocenters. The van der Waals surface area contributed by atoms with E-state index in [1.165, 1.54) is 53.5 Å². The number of rotatable bonds is 6. The highest BCUT2D eigenvalue weighted by Gasteiger charge is 2.13. The highest BCUT2D eigenvalue weighted by molar-refractivity contribution is 7.21. The standard InChI is InChI=1S/C48H32N2S/c49-48(34-14-2-1-3-15-34)50-44(46-31-38-17-6-9-23-45(38)51-46)27-24-32-12-10-18-35(28-32)36-19-11-20-39(29-36)47-41-22-8-5-16-37(41)30-43-40-21-7-4-13-33(40)25-26-42(43)47/h1-31,49H/b27-24+,49-48?,50-44?. The molecule has 51 heavy (non-hydrogen) atoms. The minimum absolute atomic E-state index is 0.243. The van der Waals surface area contributed by atoms with Crippen molar-refractivity contribution in [1.82, 2.24) is 0 Å². The van der Waals surface area contributed by atoms with Crippen molar-refractivity contribution in [2.45, 2.75) is 0 Å². The normalized spacial score (nSPS) is 12.0. The van der Waals surface area contributed by atoms with E-state index in [0.717, 1.165) is 32.8 Å². The first-order valence-electron chi connectivity index (χ1n) is 17.1. The Kier molecular flexibility index (Phi) is 7.88. The molecule has 0 fully saturated rings. The van der Waals surface area contributed by atoms with Gasteiger partial charge in [-0.15, -0.1) is 11.3 Å². The van der Waals surface area contributed by atoms with Crippen molar-refractivity contribution in [2.24, 2.45) is 4.99 Å². The van der Waals surface area contributed by atoms with Crippen LogP contribution in [0.2, 0.25) is 0 Å². The van der Waals surface area contributed by atoms with E-state index in [2.05, 4.69) is 152 Å². The molecule has 0 saturated heterocycles. The van der Waals surface area contributed by atoms with Crippen LogP contribution in [0.1, 0.15) is 16.0 Å². The topological polar surface area (TPSA) is 36.2 Å². The van der Waals surface area contributed by atoms with Crippen LogP contribution in [0.25, 0.3) is 70.7 Å². The van der Waals surface area contributed by atoms with Crippen molar-refractivity contribution in [1.29, 1.82) is 5.41 Å². The first kappa shape index (κ1) is 30.6. The minimum Gasteiger partial charge on any atom is -0.282 e. The van der Waals surface area contributed by atoms with Gasteiger partial charge < -0.3 is 0 Å². The quantitative estimate of drug-likeness (QED) is 0.0792. The summed E-state index contributed by atoms with van der Waals surface area (Å²) in [5, 5.41) is 17.5. The molecule has 0 aliphatic carbocycles. The Bertz CT molecular complexity index is 2790. The highest BCUT2D eigenvalue weighted by atomic mass is 32.1. The molecule has 3 heteroatoms. The largest absolute Gasteiger partial charge is 0.282 e. The molecule has 0 aliphatic rings. The summed E-state index contributed by atoms with van der Waals surface area (Å²) >= 11 is 1.70. The lowest BCUT2D eigenvalue weighted by molar-refractivity contribution is 1.42. The van der Waals surface area contributed by atoms with E-state index in [1.54, 1.807) is 11.3 Å². The summed E-state index contributed by atoms with van der Waals surface area (Å²) in [7, 11) is 0. The van der Waals surface area contributed by atoms with Crippen molar-refractivity contribution in [2.75, 3.05) is 0 Å². The first-order valence-corrected chi connectivity index (χ1v) is 17.9. The lowest BCUT2D eigenvalue weighted by Gasteiger charge is -2.15. The third-order valence-corrected chi connectivity index (χ3v) is 10.7. The Morgan fingerprint density at radius 2 is 1.18 bits per heavy atom. The van der Waals surface area contributed by atoms with Gasteiger partial charge in [0.15, 0.2) is 5.84 Å². The van der Waals surface area contributed by atoms with E-state index in [4.69, 9.17) is 10.4 Å². The fourth-order valence-corrected chi connectivity index (χ4v) is 8.08. The lowest BCUT2D eigenvalue weighted by Crippen LogP contribution is -2.02.